The van der Waals surface area contributed by atoms with Gasteiger partial charge >= 0.3 is 12.3 Å². The molecule has 0 unspecified atom stereocenters. The number of carbonyl (C=O) groups is 1. The summed E-state index contributed by atoms with van der Waals surface area (Å²) in [6.45, 7) is 7.10. The lowest BCUT2D eigenvalue weighted by molar-refractivity contribution is -0.137. The highest BCUT2D eigenvalue weighted by atomic mass is 32.2. The van der Waals surface area contributed by atoms with E-state index >= 15 is 0 Å². The van der Waals surface area contributed by atoms with Crippen LogP contribution in [0.3, 0.4) is 0 Å². The van der Waals surface area contributed by atoms with Crippen molar-refractivity contribution >= 4 is 34.9 Å². The van der Waals surface area contributed by atoms with Crippen LogP contribution in [0.2, 0.25) is 0 Å². The molecule has 0 aliphatic carbocycles. The predicted octanol–water partition coefficient (Wildman–Crippen LogP) is 7.70. The molecular formula is C30H28F3N3O2S. The number of hydrogen-bond acceptors (Lipinski definition) is 5. The smallest absolute Gasteiger partial charge is 0.419 e. The van der Waals surface area contributed by atoms with Crippen molar-refractivity contribution in [1.82, 2.24) is 4.90 Å². The molecule has 2 saturated heterocycles. The first-order valence-electron chi connectivity index (χ1n) is 13.0. The Labute approximate surface area is 229 Å². The summed E-state index contributed by atoms with van der Waals surface area (Å²) in [7, 11) is 0. The number of ether oxygens (including phenoxy) is 1. The molecular weight excluding hydrogens is 523 g/mol. The molecule has 0 N–H and O–H groups in total. The molecule has 0 atom stereocenters. The number of nitrogens with zero attached hydrogens (tertiary/aromatic N) is 3. The van der Waals surface area contributed by atoms with Gasteiger partial charge in [-0.3, -0.25) is 0 Å². The first-order chi connectivity index (χ1) is 18.7. The fourth-order valence-electron chi connectivity index (χ4n) is 5.65. The van der Waals surface area contributed by atoms with Gasteiger partial charge in [-0.15, -0.1) is 0 Å². The number of rotatable bonds is 5. The van der Waals surface area contributed by atoms with Crippen molar-refractivity contribution in [3.8, 4) is 0 Å². The molecule has 0 radical (unpaired) electrons. The monoisotopic (exact) mass is 551 g/mol. The molecule has 3 aromatic rings. The van der Waals surface area contributed by atoms with E-state index in [4.69, 9.17) is 4.74 Å². The summed E-state index contributed by atoms with van der Waals surface area (Å²) in [5.41, 5.74) is 1.63. The van der Waals surface area contributed by atoms with Crippen LogP contribution < -0.4 is 9.80 Å². The van der Waals surface area contributed by atoms with Crippen LogP contribution in [0.15, 0.2) is 94.9 Å². The molecule has 1 spiro atoms. The number of amides is 1. The Balaban J connectivity index is 1.12. The van der Waals surface area contributed by atoms with Crippen molar-refractivity contribution in [3.63, 3.8) is 0 Å². The van der Waals surface area contributed by atoms with Gasteiger partial charge in [0, 0.05) is 42.3 Å². The molecule has 5 nitrogen and oxygen atoms in total. The molecule has 2 fully saturated rings. The van der Waals surface area contributed by atoms with E-state index in [0.29, 0.717) is 30.8 Å². The van der Waals surface area contributed by atoms with Crippen LogP contribution in [0, 0.1) is 0 Å². The number of anilines is 3. The Morgan fingerprint density at radius 1 is 0.897 bits per heavy atom. The molecule has 9 heteroatoms. The first-order valence-corrected chi connectivity index (χ1v) is 13.8. The minimum Gasteiger partial charge on any atom is -0.436 e. The Morgan fingerprint density at radius 2 is 1.59 bits per heavy atom. The topological polar surface area (TPSA) is 36.0 Å². The minimum atomic E-state index is -4.39. The number of carbonyl (C=O) groups excluding carboxylic acids is 1. The third-order valence-electron chi connectivity index (χ3n) is 7.75. The van der Waals surface area contributed by atoms with Crippen molar-refractivity contribution in [1.29, 1.82) is 0 Å². The van der Waals surface area contributed by atoms with E-state index in [9.17, 15) is 18.0 Å². The molecule has 6 rings (SSSR count). The van der Waals surface area contributed by atoms with Gasteiger partial charge in [0.25, 0.3) is 0 Å². The van der Waals surface area contributed by atoms with Crippen molar-refractivity contribution in [3.05, 3.63) is 90.6 Å². The van der Waals surface area contributed by atoms with Gasteiger partial charge in [0.1, 0.15) is 0 Å². The maximum atomic E-state index is 13.5. The summed E-state index contributed by atoms with van der Waals surface area (Å²) in [6.07, 6.45) is -2.70. The van der Waals surface area contributed by atoms with E-state index in [1.807, 2.05) is 59.5 Å². The van der Waals surface area contributed by atoms with Crippen LogP contribution in [0.25, 0.3) is 0 Å². The van der Waals surface area contributed by atoms with Gasteiger partial charge < -0.3 is 14.5 Å². The molecule has 0 aromatic heterocycles. The summed E-state index contributed by atoms with van der Waals surface area (Å²) < 4.78 is 46.4. The summed E-state index contributed by atoms with van der Waals surface area (Å²) >= 11 is 1.50. The number of fused-ring (bicyclic) bond motifs is 2. The number of alkyl halides is 3. The largest absolute Gasteiger partial charge is 0.436 e. The summed E-state index contributed by atoms with van der Waals surface area (Å²) in [4.78, 5) is 20.5. The quantitative estimate of drug-likeness (QED) is 0.325. The molecule has 3 aliphatic heterocycles. The maximum absolute atomic E-state index is 13.5. The average Bonchev–Trinajstić information content (AvgIpc) is 3.17. The molecule has 3 heterocycles. The summed E-state index contributed by atoms with van der Waals surface area (Å²) in [5.74, 6) is 0. The Kier molecular flexibility index (Phi) is 6.59. The van der Waals surface area contributed by atoms with Crippen LogP contribution in [-0.4, -0.2) is 42.8 Å². The highest BCUT2D eigenvalue weighted by Gasteiger charge is 2.50. The Morgan fingerprint density at radius 3 is 2.33 bits per heavy atom. The first kappa shape index (κ1) is 25.8. The van der Waals surface area contributed by atoms with Gasteiger partial charge in [-0.05, 0) is 55.4 Å². The fourth-order valence-corrected chi connectivity index (χ4v) is 6.73. The Hall–Kier alpha value is -3.43. The molecule has 0 bridgehead atoms. The minimum absolute atomic E-state index is 0.391. The number of halogens is 3. The van der Waals surface area contributed by atoms with E-state index in [-0.39, 0.29) is 0 Å². The zero-order chi connectivity index (χ0) is 27.2. The van der Waals surface area contributed by atoms with E-state index in [2.05, 4.69) is 11.5 Å². The third-order valence-corrected chi connectivity index (χ3v) is 8.88. The van der Waals surface area contributed by atoms with Gasteiger partial charge in [-0.25, -0.2) is 9.69 Å². The van der Waals surface area contributed by atoms with Crippen LogP contribution >= 0.6 is 11.8 Å². The van der Waals surface area contributed by atoms with Crippen LogP contribution in [0.4, 0.5) is 35.0 Å². The van der Waals surface area contributed by atoms with E-state index in [0.717, 1.165) is 53.3 Å². The number of para-hydroxylation sites is 2. The van der Waals surface area contributed by atoms with E-state index in [1.54, 1.807) is 11.0 Å². The molecule has 39 heavy (non-hydrogen) atoms. The second-order valence-electron chi connectivity index (χ2n) is 10.1. The van der Waals surface area contributed by atoms with Crippen molar-refractivity contribution in [2.45, 2.75) is 40.8 Å². The van der Waals surface area contributed by atoms with Crippen molar-refractivity contribution in [2.24, 2.45) is 0 Å². The second-order valence-corrected chi connectivity index (χ2v) is 11.2. The number of piperidine rings is 1. The van der Waals surface area contributed by atoms with Crippen LogP contribution in [-0.2, 0) is 10.9 Å². The highest BCUT2D eigenvalue weighted by molar-refractivity contribution is 7.99. The molecule has 202 valence electrons. The number of benzene rings is 3. The fraction of sp³-hybridized carbons (Fsp3) is 0.300. The predicted molar refractivity (Wildman–Crippen MR) is 147 cm³/mol. The standard InChI is InChI=1S/C30H28F3N3O2S/c1-21-29(38-28(37)36(21)23-8-3-2-4-9-23)14-18-34(19-15-29)16-7-17-35-24-10-5-6-11-26(24)39-27-13-12-22(20-25(27)35)30(31,32)33/h2-6,8-13,20H,1,7,14-19H2. The lowest BCUT2D eigenvalue weighted by atomic mass is 9.88. The summed E-state index contributed by atoms with van der Waals surface area (Å²) in [6, 6.07) is 21.2. The maximum Gasteiger partial charge on any atom is 0.419 e. The highest BCUT2D eigenvalue weighted by Crippen LogP contribution is 2.49. The van der Waals surface area contributed by atoms with Crippen LogP contribution in [0.5, 0.6) is 0 Å². The molecule has 1 amide bonds. The third kappa shape index (κ3) is 4.78. The molecule has 3 aliphatic rings. The van der Waals surface area contributed by atoms with Gasteiger partial charge in [0.05, 0.1) is 28.3 Å². The van der Waals surface area contributed by atoms with E-state index in [1.165, 1.54) is 17.8 Å². The second kappa shape index (κ2) is 9.95. The molecule has 0 saturated carbocycles. The number of hydrogen-bond donors (Lipinski definition) is 0. The lowest BCUT2D eigenvalue weighted by Gasteiger charge is -2.39. The van der Waals surface area contributed by atoms with E-state index < -0.39 is 23.4 Å². The van der Waals surface area contributed by atoms with Gasteiger partial charge in [0.2, 0.25) is 0 Å². The zero-order valence-electron chi connectivity index (χ0n) is 21.3. The Bertz CT molecular complexity index is 1400. The van der Waals surface area contributed by atoms with Gasteiger partial charge in [-0.1, -0.05) is 48.7 Å². The van der Waals surface area contributed by atoms with Crippen molar-refractivity contribution in [2.75, 3.05) is 36.0 Å². The molecule has 3 aromatic carbocycles. The zero-order valence-corrected chi connectivity index (χ0v) is 22.1. The normalized spacial score (nSPS) is 18.7. The SMILES string of the molecule is C=C1N(c2ccccc2)C(=O)OC12CCN(CCCN1c3ccccc3Sc3ccc(C(F)(F)F)cc31)CC2. The number of likely N-dealkylation sites (tertiary alicyclic amines) is 1. The average molecular weight is 552 g/mol. The van der Waals surface area contributed by atoms with Gasteiger partial charge in [-0.2, -0.15) is 13.2 Å². The summed E-state index contributed by atoms with van der Waals surface area (Å²) in [5, 5.41) is 0. The lowest BCUT2D eigenvalue weighted by Crippen LogP contribution is -2.46. The van der Waals surface area contributed by atoms with Crippen LogP contribution in [0.1, 0.15) is 24.8 Å². The van der Waals surface area contributed by atoms with Gasteiger partial charge in [0.15, 0.2) is 5.60 Å². The van der Waals surface area contributed by atoms with Crippen molar-refractivity contribution < 1.29 is 22.7 Å².